The molecule has 0 fully saturated rings. The van der Waals surface area contributed by atoms with E-state index in [1.807, 2.05) is 0 Å². The van der Waals surface area contributed by atoms with Crippen LogP contribution in [-0.4, -0.2) is 45.2 Å². The minimum Gasteiger partial charge on any atom is -0.493 e. The first-order chi connectivity index (χ1) is 10.6. The highest BCUT2D eigenvalue weighted by atomic mass is 16.5. The van der Waals surface area contributed by atoms with Crippen molar-refractivity contribution in [1.82, 2.24) is 10.6 Å². The van der Waals surface area contributed by atoms with Crippen LogP contribution in [0.25, 0.3) is 0 Å². The molecule has 1 rings (SSSR count). The molecule has 0 bridgehead atoms. The van der Waals surface area contributed by atoms with E-state index in [0.29, 0.717) is 23.6 Å². The smallest absolute Gasteiger partial charge is 0.255 e. The van der Waals surface area contributed by atoms with Crippen molar-refractivity contribution < 1.29 is 19.1 Å². The molecule has 0 saturated carbocycles. The number of amides is 2. The lowest BCUT2D eigenvalue weighted by Gasteiger charge is -2.11. The minimum atomic E-state index is -0.580. The van der Waals surface area contributed by atoms with Crippen LogP contribution in [0.15, 0.2) is 18.2 Å². The van der Waals surface area contributed by atoms with Gasteiger partial charge in [-0.05, 0) is 31.2 Å². The molecule has 4 N–H and O–H groups in total. The zero-order valence-electron chi connectivity index (χ0n) is 13.0. The Labute approximate surface area is 130 Å². The van der Waals surface area contributed by atoms with Gasteiger partial charge in [-0.3, -0.25) is 9.59 Å². The summed E-state index contributed by atoms with van der Waals surface area (Å²) in [6.45, 7) is 4.03. The Balaban J connectivity index is 2.59. The van der Waals surface area contributed by atoms with Gasteiger partial charge < -0.3 is 25.8 Å². The van der Waals surface area contributed by atoms with Gasteiger partial charge in [0.1, 0.15) is 0 Å². The van der Waals surface area contributed by atoms with Crippen molar-refractivity contribution in [2.24, 2.45) is 5.73 Å². The topological polar surface area (TPSA) is 103 Å². The lowest BCUT2D eigenvalue weighted by atomic mass is 10.2. The highest BCUT2D eigenvalue weighted by molar-refractivity contribution is 5.94. The van der Waals surface area contributed by atoms with Crippen LogP contribution in [0.3, 0.4) is 0 Å². The molecule has 1 aromatic carbocycles. The zero-order valence-corrected chi connectivity index (χ0v) is 13.0. The van der Waals surface area contributed by atoms with E-state index in [-0.39, 0.29) is 12.5 Å². The maximum Gasteiger partial charge on any atom is 0.255 e. The molecule has 0 aliphatic carbocycles. The number of nitrogens with two attached hydrogens (primary N) is 1. The molecule has 0 heterocycles. The SMILES string of the molecule is CCCNCCNC(=O)c1ccc(OCC(N)=O)c(OC)c1. The number of benzene rings is 1. The number of hydrogen-bond acceptors (Lipinski definition) is 5. The molecule has 0 radical (unpaired) electrons. The van der Waals surface area contributed by atoms with Gasteiger partial charge in [-0.15, -0.1) is 0 Å². The average molecular weight is 309 g/mol. The summed E-state index contributed by atoms with van der Waals surface area (Å²) in [6, 6.07) is 4.74. The lowest BCUT2D eigenvalue weighted by Crippen LogP contribution is -2.32. The van der Waals surface area contributed by atoms with Crippen molar-refractivity contribution in [3.05, 3.63) is 23.8 Å². The van der Waals surface area contributed by atoms with Crippen molar-refractivity contribution in [3.63, 3.8) is 0 Å². The van der Waals surface area contributed by atoms with Crippen LogP contribution in [0, 0.1) is 0 Å². The first-order valence-corrected chi connectivity index (χ1v) is 7.16. The monoisotopic (exact) mass is 309 g/mol. The lowest BCUT2D eigenvalue weighted by molar-refractivity contribution is -0.119. The molecule has 0 spiro atoms. The fourth-order valence-electron chi connectivity index (χ4n) is 1.75. The summed E-state index contributed by atoms with van der Waals surface area (Å²) >= 11 is 0. The molecule has 2 amide bonds. The second-order valence-corrected chi connectivity index (χ2v) is 4.63. The number of hydrogen-bond donors (Lipinski definition) is 3. The van der Waals surface area contributed by atoms with Gasteiger partial charge in [0.2, 0.25) is 0 Å². The highest BCUT2D eigenvalue weighted by Crippen LogP contribution is 2.27. The first kappa shape index (κ1) is 17.8. The van der Waals surface area contributed by atoms with E-state index in [1.165, 1.54) is 7.11 Å². The standard InChI is InChI=1S/C15H23N3O4/c1-3-6-17-7-8-18-15(20)11-4-5-12(13(9-11)21-2)22-10-14(16)19/h4-5,9,17H,3,6-8,10H2,1-2H3,(H2,16,19)(H,18,20). The molecule has 1 aromatic rings. The van der Waals surface area contributed by atoms with Gasteiger partial charge in [-0.25, -0.2) is 0 Å². The number of carbonyl (C=O) groups excluding carboxylic acids is 2. The summed E-state index contributed by atoms with van der Waals surface area (Å²) in [5, 5.41) is 6.00. The Morgan fingerprint density at radius 1 is 1.18 bits per heavy atom. The van der Waals surface area contributed by atoms with E-state index >= 15 is 0 Å². The average Bonchev–Trinajstić information content (AvgIpc) is 2.52. The van der Waals surface area contributed by atoms with Gasteiger partial charge in [0.05, 0.1) is 7.11 Å². The predicted octanol–water partition coefficient (Wildman–Crippen LogP) is 0.289. The Morgan fingerprint density at radius 3 is 2.59 bits per heavy atom. The molecule has 0 aliphatic rings. The summed E-state index contributed by atoms with van der Waals surface area (Å²) in [6.07, 6.45) is 1.05. The maximum atomic E-state index is 12.0. The Morgan fingerprint density at radius 2 is 1.95 bits per heavy atom. The first-order valence-electron chi connectivity index (χ1n) is 7.16. The van der Waals surface area contributed by atoms with Gasteiger partial charge in [-0.2, -0.15) is 0 Å². The van der Waals surface area contributed by atoms with Crippen molar-refractivity contribution in [1.29, 1.82) is 0 Å². The van der Waals surface area contributed by atoms with Crippen molar-refractivity contribution >= 4 is 11.8 Å². The van der Waals surface area contributed by atoms with Crippen molar-refractivity contribution in [3.8, 4) is 11.5 Å². The fourth-order valence-corrected chi connectivity index (χ4v) is 1.75. The number of rotatable bonds is 10. The van der Waals surface area contributed by atoms with E-state index in [2.05, 4.69) is 17.6 Å². The third-order valence-electron chi connectivity index (χ3n) is 2.81. The molecule has 0 saturated heterocycles. The Hall–Kier alpha value is -2.28. The largest absolute Gasteiger partial charge is 0.493 e. The molecular weight excluding hydrogens is 286 g/mol. The van der Waals surface area contributed by atoms with Crippen LogP contribution in [0.4, 0.5) is 0 Å². The van der Waals surface area contributed by atoms with Gasteiger partial charge in [0, 0.05) is 18.7 Å². The zero-order chi connectivity index (χ0) is 16.4. The van der Waals surface area contributed by atoms with E-state index < -0.39 is 5.91 Å². The molecule has 0 aromatic heterocycles. The van der Waals surface area contributed by atoms with E-state index in [9.17, 15) is 9.59 Å². The molecule has 0 unspecified atom stereocenters. The fraction of sp³-hybridized carbons (Fsp3) is 0.467. The number of carbonyl (C=O) groups is 2. The van der Waals surface area contributed by atoms with Gasteiger partial charge in [0.15, 0.2) is 18.1 Å². The van der Waals surface area contributed by atoms with Crippen LogP contribution in [0.1, 0.15) is 23.7 Å². The molecule has 22 heavy (non-hydrogen) atoms. The second kappa shape index (κ2) is 9.62. The Bertz CT molecular complexity index is 506. The third kappa shape index (κ3) is 6.01. The molecule has 7 heteroatoms. The van der Waals surface area contributed by atoms with Crippen LogP contribution in [0.5, 0.6) is 11.5 Å². The molecular formula is C15H23N3O4. The van der Waals surface area contributed by atoms with E-state index in [1.54, 1.807) is 18.2 Å². The van der Waals surface area contributed by atoms with E-state index in [4.69, 9.17) is 15.2 Å². The summed E-state index contributed by atoms with van der Waals surface area (Å²) in [7, 11) is 1.46. The molecule has 122 valence electrons. The van der Waals surface area contributed by atoms with E-state index in [0.717, 1.165) is 19.5 Å². The normalized spacial score (nSPS) is 10.1. The maximum absolute atomic E-state index is 12.0. The summed E-state index contributed by atoms with van der Waals surface area (Å²) in [5.41, 5.74) is 5.48. The summed E-state index contributed by atoms with van der Waals surface area (Å²) < 4.78 is 10.4. The number of nitrogens with one attached hydrogen (secondary N) is 2. The highest BCUT2D eigenvalue weighted by Gasteiger charge is 2.11. The molecule has 0 atom stereocenters. The van der Waals surface area contributed by atoms with Crippen LogP contribution in [0.2, 0.25) is 0 Å². The second-order valence-electron chi connectivity index (χ2n) is 4.63. The minimum absolute atomic E-state index is 0.196. The summed E-state index contributed by atoms with van der Waals surface area (Å²) in [4.78, 5) is 22.7. The van der Waals surface area contributed by atoms with Crippen molar-refractivity contribution in [2.75, 3.05) is 33.4 Å². The van der Waals surface area contributed by atoms with Crippen LogP contribution >= 0.6 is 0 Å². The third-order valence-corrected chi connectivity index (χ3v) is 2.81. The number of ether oxygens (including phenoxy) is 2. The molecule has 0 aliphatic heterocycles. The number of primary amides is 1. The Kier molecular flexibility index (Phi) is 7.77. The summed E-state index contributed by atoms with van der Waals surface area (Å²) in [5.74, 6) is -0.0398. The quantitative estimate of drug-likeness (QED) is 0.539. The van der Waals surface area contributed by atoms with Crippen molar-refractivity contribution in [2.45, 2.75) is 13.3 Å². The van der Waals surface area contributed by atoms with Crippen LogP contribution in [-0.2, 0) is 4.79 Å². The van der Waals surface area contributed by atoms with Gasteiger partial charge in [0.25, 0.3) is 11.8 Å². The van der Waals surface area contributed by atoms with Gasteiger partial charge in [-0.1, -0.05) is 6.92 Å². The van der Waals surface area contributed by atoms with Gasteiger partial charge >= 0.3 is 0 Å². The predicted molar refractivity (Wildman–Crippen MR) is 83.2 cm³/mol. The number of methoxy groups -OCH3 is 1. The molecule has 7 nitrogen and oxygen atoms in total. The van der Waals surface area contributed by atoms with Crippen LogP contribution < -0.4 is 25.8 Å².